The number of oxime groups is 1. The summed E-state index contributed by atoms with van der Waals surface area (Å²) in [4.78, 5) is 0. The molecule has 0 saturated carbocycles. The fraction of sp³-hybridized carbons (Fsp3) is 0.136. The highest BCUT2D eigenvalue weighted by molar-refractivity contribution is 5.99. The van der Waals surface area contributed by atoms with Crippen molar-refractivity contribution in [3.8, 4) is 11.5 Å². The van der Waals surface area contributed by atoms with Gasteiger partial charge in [-0.2, -0.15) is 0 Å². The van der Waals surface area contributed by atoms with Crippen LogP contribution >= 0.6 is 0 Å². The van der Waals surface area contributed by atoms with Crippen LogP contribution in [0.5, 0.6) is 11.5 Å². The van der Waals surface area contributed by atoms with E-state index in [2.05, 4.69) is 5.16 Å². The summed E-state index contributed by atoms with van der Waals surface area (Å²) in [7, 11) is 0. The molecule has 0 amide bonds. The van der Waals surface area contributed by atoms with E-state index in [1.165, 1.54) is 0 Å². The van der Waals surface area contributed by atoms with E-state index in [0.29, 0.717) is 30.4 Å². The molecule has 0 radical (unpaired) electrons. The second-order valence-electron chi connectivity index (χ2n) is 5.93. The molecular formula is C22H21NO3. The monoisotopic (exact) mass is 347 g/mol. The third-order valence-corrected chi connectivity index (χ3v) is 3.94. The van der Waals surface area contributed by atoms with Gasteiger partial charge in [0.05, 0.1) is 5.71 Å². The first-order valence-corrected chi connectivity index (χ1v) is 8.42. The maximum absolute atomic E-state index is 9.09. The summed E-state index contributed by atoms with van der Waals surface area (Å²) in [5.74, 6) is 1.33. The van der Waals surface area contributed by atoms with Crippen molar-refractivity contribution in [3.63, 3.8) is 0 Å². The minimum absolute atomic E-state index is 0.456. The lowest BCUT2D eigenvalue weighted by Gasteiger charge is -2.12. The Morgan fingerprint density at radius 1 is 0.769 bits per heavy atom. The van der Waals surface area contributed by atoms with Crippen LogP contribution in [-0.2, 0) is 13.2 Å². The lowest BCUT2D eigenvalue weighted by molar-refractivity contribution is 0.289. The van der Waals surface area contributed by atoms with Gasteiger partial charge in [0.25, 0.3) is 0 Å². The highest BCUT2D eigenvalue weighted by atomic mass is 16.5. The molecule has 0 atom stereocenters. The summed E-state index contributed by atoms with van der Waals surface area (Å²) in [6, 6.07) is 25.4. The maximum atomic E-state index is 9.09. The summed E-state index contributed by atoms with van der Waals surface area (Å²) in [5, 5.41) is 12.4. The van der Waals surface area contributed by atoms with E-state index >= 15 is 0 Å². The largest absolute Gasteiger partial charge is 0.489 e. The van der Waals surface area contributed by atoms with Crippen LogP contribution in [0.2, 0.25) is 0 Å². The number of benzene rings is 3. The molecule has 26 heavy (non-hydrogen) atoms. The minimum atomic E-state index is 0.456. The molecule has 0 aromatic heterocycles. The number of hydrogen-bond acceptors (Lipinski definition) is 4. The molecule has 1 N–H and O–H groups in total. The Labute approximate surface area is 153 Å². The molecule has 4 heteroatoms. The van der Waals surface area contributed by atoms with Crippen LogP contribution in [0.15, 0.2) is 84.0 Å². The molecule has 0 bridgehead atoms. The minimum Gasteiger partial charge on any atom is -0.489 e. The molecule has 3 rings (SSSR count). The molecule has 3 aromatic carbocycles. The topological polar surface area (TPSA) is 51.1 Å². The molecule has 0 aliphatic heterocycles. The smallest absolute Gasteiger partial charge is 0.124 e. The molecule has 0 unspecified atom stereocenters. The van der Waals surface area contributed by atoms with Crippen LogP contribution in [0.4, 0.5) is 0 Å². The molecule has 132 valence electrons. The standard InChI is InChI=1S/C22H21NO3/c1-17(23-24)20-12-21(25-15-18-8-4-2-5-9-18)14-22(13-20)26-16-19-10-6-3-7-11-19/h2-14,24H,15-16H2,1H3. The van der Waals surface area contributed by atoms with Gasteiger partial charge in [-0.1, -0.05) is 65.8 Å². The number of hydrogen-bond donors (Lipinski definition) is 1. The number of nitrogens with zero attached hydrogens (tertiary/aromatic N) is 1. The van der Waals surface area contributed by atoms with Gasteiger partial charge >= 0.3 is 0 Å². The molecule has 3 aromatic rings. The zero-order valence-electron chi connectivity index (χ0n) is 14.6. The molecule has 0 aliphatic rings. The van der Waals surface area contributed by atoms with E-state index in [1.807, 2.05) is 78.9 Å². The van der Waals surface area contributed by atoms with Crippen molar-refractivity contribution >= 4 is 5.71 Å². The van der Waals surface area contributed by atoms with Crippen LogP contribution in [0, 0.1) is 0 Å². The molecule has 0 saturated heterocycles. The lowest BCUT2D eigenvalue weighted by Crippen LogP contribution is -2.01. The van der Waals surface area contributed by atoms with E-state index in [0.717, 1.165) is 16.7 Å². The maximum Gasteiger partial charge on any atom is 0.124 e. The van der Waals surface area contributed by atoms with Crippen LogP contribution < -0.4 is 9.47 Å². The zero-order valence-corrected chi connectivity index (χ0v) is 14.6. The van der Waals surface area contributed by atoms with Gasteiger partial charge in [0.1, 0.15) is 24.7 Å². The van der Waals surface area contributed by atoms with Crippen molar-refractivity contribution in [1.82, 2.24) is 0 Å². The van der Waals surface area contributed by atoms with E-state index in [9.17, 15) is 0 Å². The second-order valence-corrected chi connectivity index (χ2v) is 5.93. The van der Waals surface area contributed by atoms with Crippen molar-refractivity contribution in [3.05, 3.63) is 95.6 Å². The SMILES string of the molecule is CC(=NO)c1cc(OCc2ccccc2)cc(OCc2ccccc2)c1. The average Bonchev–Trinajstić information content (AvgIpc) is 2.71. The van der Waals surface area contributed by atoms with Crippen LogP contribution in [0.25, 0.3) is 0 Å². The average molecular weight is 347 g/mol. The Morgan fingerprint density at radius 3 is 1.65 bits per heavy atom. The van der Waals surface area contributed by atoms with Gasteiger partial charge in [0.2, 0.25) is 0 Å². The van der Waals surface area contributed by atoms with Gasteiger partial charge in [-0.25, -0.2) is 0 Å². The van der Waals surface area contributed by atoms with Crippen molar-refractivity contribution in [2.45, 2.75) is 20.1 Å². The molecule has 4 nitrogen and oxygen atoms in total. The zero-order chi connectivity index (χ0) is 18.2. The fourth-order valence-electron chi connectivity index (χ4n) is 2.49. The van der Waals surface area contributed by atoms with Crippen LogP contribution in [0.1, 0.15) is 23.6 Å². The summed E-state index contributed by atoms with van der Waals surface area (Å²) < 4.78 is 11.8. The highest BCUT2D eigenvalue weighted by Gasteiger charge is 2.07. The normalized spacial score (nSPS) is 11.2. The van der Waals surface area contributed by atoms with Crippen LogP contribution in [0.3, 0.4) is 0 Å². The highest BCUT2D eigenvalue weighted by Crippen LogP contribution is 2.25. The first kappa shape index (κ1) is 17.5. The van der Waals surface area contributed by atoms with Crippen molar-refractivity contribution < 1.29 is 14.7 Å². The predicted octanol–water partition coefficient (Wildman–Crippen LogP) is 5.04. The van der Waals surface area contributed by atoms with Crippen molar-refractivity contribution in [2.24, 2.45) is 5.16 Å². The van der Waals surface area contributed by atoms with E-state index in [-0.39, 0.29) is 0 Å². The Hall–Kier alpha value is -3.27. The third kappa shape index (κ3) is 4.86. The van der Waals surface area contributed by atoms with Gasteiger partial charge < -0.3 is 14.7 Å². The van der Waals surface area contributed by atoms with Crippen molar-refractivity contribution in [2.75, 3.05) is 0 Å². The lowest BCUT2D eigenvalue weighted by atomic mass is 10.1. The molecule has 0 spiro atoms. The Kier molecular flexibility index (Phi) is 5.88. The van der Waals surface area contributed by atoms with Gasteiger partial charge in [-0.3, -0.25) is 0 Å². The van der Waals surface area contributed by atoms with Gasteiger partial charge in [-0.05, 0) is 30.2 Å². The van der Waals surface area contributed by atoms with Gasteiger partial charge in [-0.15, -0.1) is 0 Å². The predicted molar refractivity (Wildman–Crippen MR) is 102 cm³/mol. The number of rotatable bonds is 7. The van der Waals surface area contributed by atoms with Crippen molar-refractivity contribution in [1.29, 1.82) is 0 Å². The van der Waals surface area contributed by atoms with Gasteiger partial charge in [0, 0.05) is 11.6 Å². The first-order chi connectivity index (χ1) is 12.7. The summed E-state index contributed by atoms with van der Waals surface area (Å²) in [6.07, 6.45) is 0. The summed E-state index contributed by atoms with van der Waals surface area (Å²) >= 11 is 0. The quantitative estimate of drug-likeness (QED) is 0.370. The number of ether oxygens (including phenoxy) is 2. The van der Waals surface area contributed by atoms with E-state index in [1.54, 1.807) is 6.92 Å². The van der Waals surface area contributed by atoms with Gasteiger partial charge in [0.15, 0.2) is 0 Å². The Balaban J connectivity index is 1.77. The Morgan fingerprint density at radius 2 is 1.23 bits per heavy atom. The fourth-order valence-corrected chi connectivity index (χ4v) is 2.49. The summed E-state index contributed by atoms with van der Waals surface area (Å²) in [5.41, 5.74) is 3.41. The molecule has 0 aliphatic carbocycles. The summed E-state index contributed by atoms with van der Waals surface area (Å²) in [6.45, 7) is 2.65. The first-order valence-electron chi connectivity index (χ1n) is 8.42. The van der Waals surface area contributed by atoms with E-state index < -0.39 is 0 Å². The molecule has 0 fully saturated rings. The third-order valence-electron chi connectivity index (χ3n) is 3.94. The molecule has 0 heterocycles. The van der Waals surface area contributed by atoms with Crippen LogP contribution in [-0.4, -0.2) is 10.9 Å². The molecular weight excluding hydrogens is 326 g/mol. The van der Waals surface area contributed by atoms with E-state index in [4.69, 9.17) is 14.7 Å². The Bertz CT molecular complexity index is 799. The second kappa shape index (κ2) is 8.72.